The molecule has 108 heavy (non-hydrogen) atoms. The molecule has 0 saturated carbocycles. The van der Waals surface area contributed by atoms with Gasteiger partial charge in [-0.2, -0.15) is 0 Å². The van der Waals surface area contributed by atoms with Crippen molar-refractivity contribution in [1.82, 2.24) is 0 Å². The first-order valence-corrected chi connectivity index (χ1v) is 49.1. The lowest BCUT2D eigenvalue weighted by Crippen LogP contribution is -2.30. The Morgan fingerprint density at radius 2 is 0.426 bits per heavy atom. The maximum atomic E-state index is 13.2. The number of phosphoric acid groups is 2. The van der Waals surface area contributed by atoms with Crippen molar-refractivity contribution in [2.24, 2.45) is 5.92 Å². The van der Waals surface area contributed by atoms with Gasteiger partial charge < -0.3 is 33.8 Å². The van der Waals surface area contributed by atoms with Crippen LogP contribution in [0.25, 0.3) is 0 Å². The van der Waals surface area contributed by atoms with Gasteiger partial charge in [0.2, 0.25) is 0 Å². The lowest BCUT2D eigenvalue weighted by molar-refractivity contribution is -0.161. The molecule has 19 heteroatoms. The molecule has 0 rings (SSSR count). The van der Waals surface area contributed by atoms with E-state index in [0.29, 0.717) is 25.7 Å². The molecule has 0 spiro atoms. The molecule has 0 aliphatic carbocycles. The minimum atomic E-state index is -4.97. The molecule has 0 fully saturated rings. The highest BCUT2D eigenvalue weighted by Gasteiger charge is 2.30. The van der Waals surface area contributed by atoms with Crippen molar-refractivity contribution < 1.29 is 80.2 Å². The molecule has 0 aromatic rings. The number of aliphatic hydroxyl groups excluding tert-OH is 1. The first kappa shape index (κ1) is 106. The fourth-order valence-corrected chi connectivity index (χ4v) is 15.6. The van der Waals surface area contributed by atoms with Gasteiger partial charge in [0, 0.05) is 25.7 Å². The van der Waals surface area contributed by atoms with Crippen LogP contribution in [0.2, 0.25) is 0 Å². The lowest BCUT2D eigenvalue weighted by atomic mass is 10.0. The third kappa shape index (κ3) is 82.1. The van der Waals surface area contributed by atoms with Gasteiger partial charge in [0.1, 0.15) is 19.3 Å². The minimum Gasteiger partial charge on any atom is -0.462 e. The molecular weight excluding hydrogens is 1400 g/mol. The summed E-state index contributed by atoms with van der Waals surface area (Å²) in [5.41, 5.74) is 0. The van der Waals surface area contributed by atoms with Crippen molar-refractivity contribution in [3.05, 3.63) is 0 Å². The van der Waals surface area contributed by atoms with Crippen LogP contribution in [0.4, 0.5) is 0 Å². The summed E-state index contributed by atoms with van der Waals surface area (Å²) in [6.45, 7) is 7.39. The van der Waals surface area contributed by atoms with Crippen LogP contribution >= 0.6 is 15.6 Å². The van der Waals surface area contributed by atoms with E-state index in [0.717, 1.165) is 95.8 Å². The highest BCUT2D eigenvalue weighted by molar-refractivity contribution is 7.47. The van der Waals surface area contributed by atoms with Gasteiger partial charge in [-0.15, -0.1) is 0 Å². The van der Waals surface area contributed by atoms with E-state index in [2.05, 4.69) is 34.6 Å². The molecule has 0 heterocycles. The average Bonchev–Trinajstić information content (AvgIpc) is 0.906. The van der Waals surface area contributed by atoms with Gasteiger partial charge >= 0.3 is 39.5 Å². The van der Waals surface area contributed by atoms with Crippen LogP contribution in [0.5, 0.6) is 0 Å². The summed E-state index contributed by atoms with van der Waals surface area (Å²) in [5, 5.41) is 10.7. The van der Waals surface area contributed by atoms with Crippen molar-refractivity contribution in [3.63, 3.8) is 0 Å². The summed E-state index contributed by atoms with van der Waals surface area (Å²) in [7, 11) is -9.93. The van der Waals surface area contributed by atoms with Gasteiger partial charge in [-0.1, -0.05) is 433 Å². The zero-order valence-electron chi connectivity index (χ0n) is 71.0. The molecular formula is C89H174O17P2. The normalized spacial score (nSPS) is 13.7. The minimum absolute atomic E-state index is 0.108. The highest BCUT2D eigenvalue weighted by Crippen LogP contribution is 2.45. The zero-order valence-corrected chi connectivity index (χ0v) is 72.8. The summed E-state index contributed by atoms with van der Waals surface area (Å²) in [5.74, 6) is -1.32. The smallest absolute Gasteiger partial charge is 0.462 e. The first-order chi connectivity index (χ1) is 52.5. The van der Waals surface area contributed by atoms with Crippen LogP contribution in [0, 0.1) is 5.92 Å². The van der Waals surface area contributed by atoms with Crippen LogP contribution in [-0.2, 0) is 65.4 Å². The van der Waals surface area contributed by atoms with Gasteiger partial charge in [0.05, 0.1) is 26.4 Å². The number of carbonyl (C=O) groups is 4. The van der Waals surface area contributed by atoms with Crippen LogP contribution in [-0.4, -0.2) is 96.7 Å². The van der Waals surface area contributed by atoms with Gasteiger partial charge in [-0.05, 0) is 31.6 Å². The monoisotopic (exact) mass is 1580 g/mol. The molecule has 0 aromatic carbocycles. The van der Waals surface area contributed by atoms with E-state index < -0.39 is 97.5 Å². The summed E-state index contributed by atoms with van der Waals surface area (Å²) in [4.78, 5) is 73.3. The van der Waals surface area contributed by atoms with Gasteiger partial charge in [-0.3, -0.25) is 37.3 Å². The third-order valence-corrected chi connectivity index (χ3v) is 22.9. The largest absolute Gasteiger partial charge is 0.472 e. The number of aliphatic hydroxyl groups is 1. The Morgan fingerprint density at radius 1 is 0.250 bits per heavy atom. The number of unbranched alkanes of at least 4 members (excludes halogenated alkanes) is 61. The number of esters is 4. The van der Waals surface area contributed by atoms with Crippen molar-refractivity contribution in [3.8, 4) is 0 Å². The maximum Gasteiger partial charge on any atom is 0.472 e. The molecule has 0 aliphatic rings. The summed E-state index contributed by atoms with van der Waals surface area (Å²) < 4.78 is 69.0. The molecule has 0 amide bonds. The van der Waals surface area contributed by atoms with E-state index in [1.54, 1.807) is 0 Å². The lowest BCUT2D eigenvalue weighted by Gasteiger charge is -2.21. The van der Waals surface area contributed by atoms with Crippen molar-refractivity contribution >= 4 is 39.5 Å². The Bertz CT molecular complexity index is 2050. The van der Waals surface area contributed by atoms with Crippen LogP contribution < -0.4 is 0 Å². The van der Waals surface area contributed by atoms with Crippen molar-refractivity contribution in [2.75, 3.05) is 39.6 Å². The fourth-order valence-electron chi connectivity index (χ4n) is 14.0. The zero-order chi connectivity index (χ0) is 79.0. The molecule has 2 unspecified atom stereocenters. The highest BCUT2D eigenvalue weighted by atomic mass is 31.2. The van der Waals surface area contributed by atoms with Crippen LogP contribution in [0.1, 0.15) is 484 Å². The van der Waals surface area contributed by atoms with Gasteiger partial charge in [-0.25, -0.2) is 9.13 Å². The Labute approximate surface area is 664 Å². The van der Waals surface area contributed by atoms with Crippen LogP contribution in [0.3, 0.4) is 0 Å². The predicted molar refractivity (Wildman–Crippen MR) is 446 cm³/mol. The van der Waals surface area contributed by atoms with Crippen molar-refractivity contribution in [1.29, 1.82) is 0 Å². The quantitative estimate of drug-likeness (QED) is 0.0222. The Balaban J connectivity index is 5.23. The van der Waals surface area contributed by atoms with E-state index in [4.69, 9.17) is 37.0 Å². The van der Waals surface area contributed by atoms with Crippen molar-refractivity contribution in [2.45, 2.75) is 502 Å². The SMILES string of the molecule is CCCCCCCCCCCCCCCCCCCCCCCCC(=O)O[C@H](COC(=O)CCCCCCCCCCCCCCCCCCCCC)COP(=O)(O)OC[C@@H](O)COP(=O)(O)OC[C@@H](COC(=O)CCCCCCCCCCCCCC)OC(=O)CCCCCCCCCCCCCCC(C)C. The molecule has 0 bridgehead atoms. The van der Waals surface area contributed by atoms with E-state index in [9.17, 15) is 43.2 Å². The number of hydrogen-bond donors (Lipinski definition) is 3. The fraction of sp³-hybridized carbons (Fsp3) is 0.955. The first-order valence-electron chi connectivity index (χ1n) is 46.1. The molecule has 642 valence electrons. The van der Waals surface area contributed by atoms with Gasteiger partial charge in [0.15, 0.2) is 12.2 Å². The number of ether oxygens (including phenoxy) is 4. The van der Waals surface area contributed by atoms with E-state index in [-0.39, 0.29) is 25.7 Å². The topological polar surface area (TPSA) is 237 Å². The second-order valence-corrected chi connectivity index (χ2v) is 35.4. The number of rotatable bonds is 89. The van der Waals surface area contributed by atoms with Gasteiger partial charge in [0.25, 0.3) is 0 Å². The molecule has 3 N–H and O–H groups in total. The predicted octanol–water partition coefficient (Wildman–Crippen LogP) is 27.5. The number of phosphoric ester groups is 2. The average molecular weight is 1580 g/mol. The standard InChI is InChI=1S/C89H174O17P2/c1-6-9-12-15-18-21-24-27-29-31-33-34-35-37-39-41-43-49-54-59-64-69-74-88(93)105-85(79-100-87(92)73-68-63-58-53-48-42-40-38-36-32-30-28-25-22-19-16-13-10-7-2)81-104-108(97,98)102-77-83(90)76-101-107(95,96)103-80-84(78-99-86(91)72-67-62-57-52-47-26-23-20-17-14-11-8-3)106-89(94)75-70-65-60-55-50-45-44-46-51-56-61-66-71-82(4)5/h82-85,90H,6-81H2,1-5H3,(H,95,96)(H,97,98)/t83-,84+,85+/m0/s1. The maximum absolute atomic E-state index is 13.2. The second kappa shape index (κ2) is 81.6. The number of carbonyl (C=O) groups excluding carboxylic acids is 4. The molecule has 0 saturated heterocycles. The van der Waals surface area contributed by atoms with E-state index >= 15 is 0 Å². The Hall–Kier alpha value is -1.94. The van der Waals surface area contributed by atoms with E-state index in [1.807, 2.05) is 0 Å². The second-order valence-electron chi connectivity index (χ2n) is 32.5. The van der Waals surface area contributed by atoms with E-state index in [1.165, 1.54) is 308 Å². The third-order valence-electron chi connectivity index (χ3n) is 21.0. The number of hydrogen-bond acceptors (Lipinski definition) is 15. The molecule has 5 atom stereocenters. The molecule has 0 aromatic heterocycles. The summed E-state index contributed by atoms with van der Waals surface area (Å²) >= 11 is 0. The molecule has 17 nitrogen and oxygen atoms in total. The van der Waals surface area contributed by atoms with Crippen LogP contribution in [0.15, 0.2) is 0 Å². The Kier molecular flexibility index (Phi) is 80.2. The summed E-state index contributed by atoms with van der Waals surface area (Å²) in [6.07, 6.45) is 76.4. The molecule has 0 radical (unpaired) electrons. The Morgan fingerprint density at radius 3 is 0.630 bits per heavy atom. The molecule has 0 aliphatic heterocycles. The summed E-state index contributed by atoms with van der Waals surface area (Å²) in [6, 6.07) is 0.